The molecule has 0 aliphatic carbocycles. The Morgan fingerprint density at radius 1 is 1.17 bits per heavy atom. The minimum atomic E-state index is -1.25. The number of halogens is 1. The van der Waals surface area contributed by atoms with Crippen LogP contribution >= 0.6 is 11.6 Å². The number of phenols is 1. The number of carboxylic acids is 1. The van der Waals surface area contributed by atoms with Gasteiger partial charge in [-0.2, -0.15) is 0 Å². The average Bonchev–Trinajstić information content (AvgIpc) is 2.48. The molecule has 0 radical (unpaired) electrons. The van der Waals surface area contributed by atoms with Crippen LogP contribution in [-0.4, -0.2) is 27.0 Å². The van der Waals surface area contributed by atoms with E-state index in [1.807, 2.05) is 0 Å². The van der Waals surface area contributed by atoms with E-state index >= 15 is 0 Å². The maximum atomic E-state index is 12.2. The molecule has 0 saturated carbocycles. The first kappa shape index (κ1) is 16.2. The van der Waals surface area contributed by atoms with Gasteiger partial charge in [-0.15, -0.1) is 0 Å². The summed E-state index contributed by atoms with van der Waals surface area (Å²) in [5, 5.41) is 31.9. The van der Waals surface area contributed by atoms with Crippen LogP contribution in [0.3, 0.4) is 0 Å². The van der Waals surface area contributed by atoms with Crippen molar-refractivity contribution in [3.63, 3.8) is 0 Å². The number of amides is 1. The minimum Gasteiger partial charge on any atom is -0.506 e. The summed E-state index contributed by atoms with van der Waals surface area (Å²) in [4.78, 5) is 33.3. The lowest BCUT2D eigenvalue weighted by Crippen LogP contribution is -2.14. The number of nitrogens with zero attached hydrogens (tertiary/aromatic N) is 1. The number of aromatic carboxylic acids is 1. The first-order valence-corrected chi connectivity index (χ1v) is 6.49. The van der Waals surface area contributed by atoms with E-state index in [-0.39, 0.29) is 27.6 Å². The van der Waals surface area contributed by atoms with Crippen LogP contribution in [-0.2, 0) is 0 Å². The Morgan fingerprint density at radius 2 is 1.87 bits per heavy atom. The van der Waals surface area contributed by atoms with E-state index in [9.17, 15) is 24.8 Å². The molecule has 0 saturated heterocycles. The van der Waals surface area contributed by atoms with Crippen molar-refractivity contribution >= 4 is 34.9 Å². The van der Waals surface area contributed by atoms with Crippen LogP contribution in [0.4, 0.5) is 11.4 Å². The highest BCUT2D eigenvalue weighted by Gasteiger charge is 2.21. The maximum Gasteiger partial charge on any atom is 0.335 e. The Kier molecular flexibility index (Phi) is 4.47. The van der Waals surface area contributed by atoms with Gasteiger partial charge >= 0.3 is 5.97 Å². The summed E-state index contributed by atoms with van der Waals surface area (Å²) in [6, 6.07) is 6.76. The molecular weight excluding hydrogens is 328 g/mol. The number of phenolic OH excluding ortho intramolecular Hbond substituents is 1. The Labute approximate surface area is 134 Å². The number of carbonyl (C=O) groups is 2. The molecule has 1 amide bonds. The van der Waals surface area contributed by atoms with Crippen LogP contribution in [0.1, 0.15) is 20.7 Å². The summed E-state index contributed by atoms with van der Waals surface area (Å²) in [6.45, 7) is 0. The number of carbonyl (C=O) groups excluding carboxylic acids is 1. The van der Waals surface area contributed by atoms with E-state index in [0.29, 0.717) is 0 Å². The van der Waals surface area contributed by atoms with Crippen LogP contribution in [0.15, 0.2) is 36.4 Å². The van der Waals surface area contributed by atoms with E-state index in [1.165, 1.54) is 6.07 Å². The lowest BCUT2D eigenvalue weighted by atomic mass is 10.1. The van der Waals surface area contributed by atoms with Crippen LogP contribution in [0.2, 0.25) is 5.02 Å². The van der Waals surface area contributed by atoms with Gasteiger partial charge in [0.05, 0.1) is 16.2 Å². The molecule has 0 aromatic heterocycles. The van der Waals surface area contributed by atoms with Crippen molar-refractivity contribution in [2.24, 2.45) is 0 Å². The van der Waals surface area contributed by atoms with Gasteiger partial charge in [0.25, 0.3) is 11.6 Å². The van der Waals surface area contributed by atoms with Gasteiger partial charge in [-0.05, 0) is 30.3 Å². The zero-order valence-corrected chi connectivity index (χ0v) is 12.1. The lowest BCUT2D eigenvalue weighted by Gasteiger charge is -2.09. The number of carboxylic acid groups (broad SMARTS) is 1. The molecule has 2 rings (SSSR count). The first-order chi connectivity index (χ1) is 10.8. The summed E-state index contributed by atoms with van der Waals surface area (Å²) in [6.07, 6.45) is 0. The molecule has 2 aromatic carbocycles. The fourth-order valence-corrected chi connectivity index (χ4v) is 1.97. The molecule has 0 atom stereocenters. The number of anilines is 1. The molecule has 0 spiro atoms. The van der Waals surface area contributed by atoms with Crippen molar-refractivity contribution in [3.8, 4) is 5.75 Å². The van der Waals surface area contributed by atoms with Gasteiger partial charge in [-0.3, -0.25) is 14.9 Å². The van der Waals surface area contributed by atoms with E-state index in [0.717, 1.165) is 30.3 Å². The second-order valence-electron chi connectivity index (χ2n) is 4.41. The van der Waals surface area contributed by atoms with Crippen molar-refractivity contribution in [1.82, 2.24) is 0 Å². The quantitative estimate of drug-likeness (QED) is 0.447. The summed E-state index contributed by atoms with van der Waals surface area (Å²) in [7, 11) is 0. The molecule has 3 N–H and O–H groups in total. The van der Waals surface area contributed by atoms with Crippen LogP contribution in [0.25, 0.3) is 0 Å². The van der Waals surface area contributed by atoms with E-state index in [4.69, 9.17) is 16.7 Å². The Bertz CT molecular complexity index is 821. The van der Waals surface area contributed by atoms with Crippen molar-refractivity contribution in [3.05, 3.63) is 62.7 Å². The van der Waals surface area contributed by atoms with Crippen LogP contribution in [0.5, 0.6) is 5.75 Å². The normalized spacial score (nSPS) is 10.1. The molecule has 23 heavy (non-hydrogen) atoms. The highest BCUT2D eigenvalue weighted by molar-refractivity contribution is 6.31. The standard InChI is InChI=1S/C14H9ClN2O6/c15-8-2-3-9(11(6-8)17(22)23)13(19)16-10-5-7(14(20)21)1-4-12(10)18/h1-6,18H,(H,16,19)(H,20,21). The Hall–Kier alpha value is -3.13. The first-order valence-electron chi connectivity index (χ1n) is 6.11. The van der Waals surface area contributed by atoms with Gasteiger partial charge in [0.2, 0.25) is 0 Å². The predicted octanol–water partition coefficient (Wildman–Crippen LogP) is 2.90. The van der Waals surface area contributed by atoms with Gasteiger partial charge in [0.15, 0.2) is 0 Å². The van der Waals surface area contributed by atoms with Gasteiger partial charge < -0.3 is 15.5 Å². The van der Waals surface area contributed by atoms with E-state index in [2.05, 4.69) is 5.32 Å². The largest absolute Gasteiger partial charge is 0.506 e. The van der Waals surface area contributed by atoms with Crippen molar-refractivity contribution in [1.29, 1.82) is 0 Å². The van der Waals surface area contributed by atoms with Crippen molar-refractivity contribution < 1.29 is 24.7 Å². The molecule has 9 heteroatoms. The molecule has 0 unspecified atom stereocenters. The summed E-state index contributed by atoms with van der Waals surface area (Å²) in [5.74, 6) is -2.51. The highest BCUT2D eigenvalue weighted by atomic mass is 35.5. The predicted molar refractivity (Wildman–Crippen MR) is 81.1 cm³/mol. The van der Waals surface area contributed by atoms with Crippen LogP contribution in [0, 0.1) is 10.1 Å². The molecule has 2 aromatic rings. The van der Waals surface area contributed by atoms with E-state index < -0.39 is 22.5 Å². The summed E-state index contributed by atoms with van der Waals surface area (Å²) in [5.41, 5.74) is -1.13. The number of nitro benzene ring substituents is 1. The van der Waals surface area contributed by atoms with Gasteiger partial charge in [-0.25, -0.2) is 4.79 Å². The smallest absolute Gasteiger partial charge is 0.335 e. The average molecular weight is 337 g/mol. The second-order valence-corrected chi connectivity index (χ2v) is 4.85. The number of aromatic hydroxyl groups is 1. The summed E-state index contributed by atoms with van der Waals surface area (Å²) < 4.78 is 0. The third-order valence-corrected chi connectivity index (χ3v) is 3.13. The topological polar surface area (TPSA) is 130 Å². The lowest BCUT2D eigenvalue weighted by molar-refractivity contribution is -0.385. The van der Waals surface area contributed by atoms with Crippen molar-refractivity contribution in [2.45, 2.75) is 0 Å². The molecule has 0 fully saturated rings. The Morgan fingerprint density at radius 3 is 2.48 bits per heavy atom. The number of rotatable bonds is 4. The third-order valence-electron chi connectivity index (χ3n) is 2.89. The molecular formula is C14H9ClN2O6. The van der Waals surface area contributed by atoms with Crippen LogP contribution < -0.4 is 5.32 Å². The Balaban J connectivity index is 2.39. The third kappa shape index (κ3) is 3.55. The second kappa shape index (κ2) is 6.32. The molecule has 0 bridgehead atoms. The number of hydrogen-bond acceptors (Lipinski definition) is 5. The fourth-order valence-electron chi connectivity index (χ4n) is 1.81. The number of hydrogen-bond donors (Lipinski definition) is 3. The number of nitrogens with one attached hydrogen (secondary N) is 1. The molecule has 0 aliphatic rings. The molecule has 0 heterocycles. The minimum absolute atomic E-state index is 0.0870. The number of nitro groups is 1. The SMILES string of the molecule is O=C(O)c1ccc(O)c(NC(=O)c2ccc(Cl)cc2[N+](=O)[O-])c1. The monoisotopic (exact) mass is 336 g/mol. The molecule has 8 nitrogen and oxygen atoms in total. The highest BCUT2D eigenvalue weighted by Crippen LogP contribution is 2.28. The molecule has 118 valence electrons. The van der Waals surface area contributed by atoms with Gasteiger partial charge in [0.1, 0.15) is 11.3 Å². The zero-order valence-electron chi connectivity index (χ0n) is 11.3. The summed E-state index contributed by atoms with van der Waals surface area (Å²) >= 11 is 5.67. The van der Waals surface area contributed by atoms with Crippen molar-refractivity contribution in [2.75, 3.05) is 5.32 Å². The van der Waals surface area contributed by atoms with Gasteiger partial charge in [0, 0.05) is 11.1 Å². The molecule has 0 aliphatic heterocycles. The van der Waals surface area contributed by atoms with E-state index in [1.54, 1.807) is 0 Å². The number of benzene rings is 2. The fraction of sp³-hybridized carbons (Fsp3) is 0. The van der Waals surface area contributed by atoms with Gasteiger partial charge in [-0.1, -0.05) is 11.6 Å². The maximum absolute atomic E-state index is 12.2. The zero-order chi connectivity index (χ0) is 17.1.